The average molecular weight is 721 g/mol. The van der Waals surface area contributed by atoms with E-state index in [0.717, 1.165) is 46.5 Å². The number of benzene rings is 6. The fraction of sp³-hybridized carbons (Fsp3) is 0.0270. The van der Waals surface area contributed by atoms with Crippen molar-refractivity contribution in [2.45, 2.75) is 15.2 Å². The summed E-state index contributed by atoms with van der Waals surface area (Å²) in [6.07, 6.45) is 0. The highest BCUT2D eigenvalue weighted by Crippen LogP contribution is 2.56. The van der Waals surface area contributed by atoms with Crippen molar-refractivity contribution in [1.82, 2.24) is 0 Å². The lowest BCUT2D eigenvalue weighted by molar-refractivity contribution is -0.388. The summed E-state index contributed by atoms with van der Waals surface area (Å²) in [5.41, 5.74) is 2.89. The van der Waals surface area contributed by atoms with Gasteiger partial charge in [0, 0.05) is 12.1 Å². The van der Waals surface area contributed by atoms with Crippen LogP contribution < -0.4 is 8.37 Å². The van der Waals surface area contributed by atoms with Crippen LogP contribution in [0.1, 0.15) is 22.3 Å². The van der Waals surface area contributed by atoms with Crippen molar-refractivity contribution in [3.8, 4) is 22.6 Å². The molecular weight excluding hydrogens is 697 g/mol. The molecule has 0 atom stereocenters. The first kappa shape index (κ1) is 33.1. The van der Waals surface area contributed by atoms with Crippen LogP contribution in [0.4, 0.5) is 11.4 Å². The number of hydrogen-bond acceptors (Lipinski definition) is 10. The Kier molecular flexibility index (Phi) is 8.12. The molecule has 0 aromatic heterocycles. The highest BCUT2D eigenvalue weighted by Gasteiger charge is 2.46. The molecule has 7 rings (SSSR count). The lowest BCUT2D eigenvalue weighted by atomic mass is 9.68. The van der Waals surface area contributed by atoms with Crippen LogP contribution in [0, 0.1) is 20.2 Å². The maximum absolute atomic E-state index is 13.1. The smallest absolute Gasteiger partial charge is 0.346 e. The largest absolute Gasteiger partial charge is 0.379 e. The lowest BCUT2D eigenvalue weighted by Gasteiger charge is -2.34. The Morgan fingerprint density at radius 1 is 0.451 bits per heavy atom. The quantitative estimate of drug-likeness (QED) is 0.0787. The van der Waals surface area contributed by atoms with Gasteiger partial charge in [-0.25, -0.2) is 0 Å². The number of para-hydroxylation sites is 2. The van der Waals surface area contributed by atoms with E-state index in [1.165, 1.54) is 48.5 Å². The molecular formula is C37H24N2O10S2. The van der Waals surface area contributed by atoms with Crippen LogP contribution in [0.3, 0.4) is 0 Å². The Labute approximate surface area is 291 Å². The van der Waals surface area contributed by atoms with E-state index in [0.29, 0.717) is 11.1 Å². The normalized spacial score (nSPS) is 13.1. The first-order chi connectivity index (χ1) is 24.4. The van der Waals surface area contributed by atoms with E-state index in [9.17, 15) is 37.1 Å². The summed E-state index contributed by atoms with van der Waals surface area (Å²) in [4.78, 5) is 20.2. The van der Waals surface area contributed by atoms with Crippen LogP contribution in [-0.4, -0.2) is 26.7 Å². The molecule has 6 aromatic rings. The minimum absolute atomic E-state index is 0.0735. The molecule has 0 amide bonds. The Morgan fingerprint density at radius 3 is 1.16 bits per heavy atom. The maximum atomic E-state index is 13.1. The van der Waals surface area contributed by atoms with Crippen molar-refractivity contribution in [3.05, 3.63) is 188 Å². The zero-order valence-corrected chi connectivity index (χ0v) is 27.8. The second kappa shape index (κ2) is 12.5. The number of nitrogens with zero attached hydrogens (tertiary/aromatic N) is 2. The van der Waals surface area contributed by atoms with Gasteiger partial charge in [0.05, 0.1) is 15.3 Å². The van der Waals surface area contributed by atoms with Gasteiger partial charge in [-0.3, -0.25) is 20.2 Å². The highest BCUT2D eigenvalue weighted by molar-refractivity contribution is 7.87. The van der Waals surface area contributed by atoms with E-state index in [1.807, 2.05) is 48.5 Å². The number of nitro benzene ring substituents is 2. The van der Waals surface area contributed by atoms with Crippen LogP contribution in [-0.2, 0) is 25.7 Å². The van der Waals surface area contributed by atoms with E-state index in [2.05, 4.69) is 0 Å². The molecule has 254 valence electrons. The van der Waals surface area contributed by atoms with Gasteiger partial charge in [-0.1, -0.05) is 97.1 Å². The number of fused-ring (bicyclic) bond motifs is 3. The van der Waals surface area contributed by atoms with Crippen LogP contribution in [0.2, 0.25) is 0 Å². The van der Waals surface area contributed by atoms with Gasteiger partial charge in [-0.2, -0.15) is 16.8 Å². The van der Waals surface area contributed by atoms with Gasteiger partial charge in [0.15, 0.2) is 9.79 Å². The molecule has 0 saturated carbocycles. The van der Waals surface area contributed by atoms with Crippen molar-refractivity contribution >= 4 is 31.6 Å². The number of rotatable bonds is 10. The minimum atomic E-state index is -4.58. The molecule has 0 N–H and O–H groups in total. The lowest BCUT2D eigenvalue weighted by Crippen LogP contribution is -2.28. The minimum Gasteiger partial charge on any atom is -0.379 e. The van der Waals surface area contributed by atoms with Crippen molar-refractivity contribution in [2.75, 3.05) is 0 Å². The number of nitro groups is 2. The van der Waals surface area contributed by atoms with E-state index in [4.69, 9.17) is 8.37 Å². The van der Waals surface area contributed by atoms with Crippen LogP contribution in [0.25, 0.3) is 11.1 Å². The van der Waals surface area contributed by atoms with E-state index in [1.54, 1.807) is 24.3 Å². The van der Waals surface area contributed by atoms with Gasteiger partial charge < -0.3 is 8.37 Å². The Bertz CT molecular complexity index is 2390. The molecule has 0 bridgehead atoms. The molecule has 0 saturated heterocycles. The first-order valence-electron chi connectivity index (χ1n) is 15.2. The van der Waals surface area contributed by atoms with Gasteiger partial charge in [0.1, 0.15) is 11.5 Å². The third kappa shape index (κ3) is 5.65. The Balaban J connectivity index is 1.31. The summed E-state index contributed by atoms with van der Waals surface area (Å²) in [5.74, 6) is -0.147. The molecule has 1 aliphatic rings. The summed E-state index contributed by atoms with van der Waals surface area (Å²) in [7, 11) is -9.15. The molecule has 0 radical (unpaired) electrons. The monoisotopic (exact) mass is 720 g/mol. The second-order valence-corrected chi connectivity index (χ2v) is 14.4. The zero-order chi connectivity index (χ0) is 36.0. The topological polar surface area (TPSA) is 173 Å². The van der Waals surface area contributed by atoms with Gasteiger partial charge in [0.25, 0.3) is 11.4 Å². The van der Waals surface area contributed by atoms with E-state index in [-0.39, 0.29) is 11.5 Å². The summed E-state index contributed by atoms with van der Waals surface area (Å²) in [5, 5.41) is 23.0. The molecule has 0 spiro atoms. The standard InChI is InChI=1S/C37H24N2O10S2/c40-38(41)33-13-5-7-15-35(33)50(44,45)48-27-21-17-25(18-22-27)37(31-11-3-1-9-29(31)30-10-2-4-12-32(30)37)26-19-23-28(24-20-26)49-51(46,47)36-16-8-6-14-34(36)39(42)43/h1-24H. The average Bonchev–Trinajstić information content (AvgIpc) is 3.43. The van der Waals surface area contributed by atoms with E-state index < -0.39 is 56.7 Å². The summed E-state index contributed by atoms with van der Waals surface area (Å²) < 4.78 is 63.3. The van der Waals surface area contributed by atoms with Crippen molar-refractivity contribution in [2.24, 2.45) is 0 Å². The zero-order valence-electron chi connectivity index (χ0n) is 26.1. The van der Waals surface area contributed by atoms with Gasteiger partial charge in [0.2, 0.25) is 0 Å². The van der Waals surface area contributed by atoms with Gasteiger partial charge in [-0.05, 0) is 69.8 Å². The van der Waals surface area contributed by atoms with Crippen LogP contribution >= 0.6 is 0 Å². The second-order valence-electron chi connectivity index (χ2n) is 11.4. The molecule has 14 heteroatoms. The SMILES string of the molecule is O=[N+]([O-])c1ccccc1S(=O)(=O)Oc1ccc(C2(c3ccc(OS(=O)(=O)c4ccccc4[N+](=O)[O-])cc3)c3ccccc3-c3ccccc32)cc1. The summed E-state index contributed by atoms with van der Waals surface area (Å²) >= 11 is 0. The van der Waals surface area contributed by atoms with Crippen molar-refractivity contribution < 1.29 is 35.0 Å². The molecule has 51 heavy (non-hydrogen) atoms. The molecule has 0 unspecified atom stereocenters. The highest BCUT2D eigenvalue weighted by atomic mass is 32.2. The predicted octanol–water partition coefficient (Wildman–Crippen LogP) is 7.40. The first-order valence-corrected chi connectivity index (χ1v) is 18.0. The molecule has 0 aliphatic heterocycles. The fourth-order valence-electron chi connectivity index (χ4n) is 6.53. The summed E-state index contributed by atoms with van der Waals surface area (Å²) in [6.45, 7) is 0. The molecule has 0 fully saturated rings. The van der Waals surface area contributed by atoms with Crippen molar-refractivity contribution in [1.29, 1.82) is 0 Å². The Morgan fingerprint density at radius 2 is 0.784 bits per heavy atom. The Hall–Kier alpha value is -6.38. The number of hydrogen-bond donors (Lipinski definition) is 0. The van der Waals surface area contributed by atoms with E-state index >= 15 is 0 Å². The molecule has 0 heterocycles. The van der Waals surface area contributed by atoms with Crippen molar-refractivity contribution in [3.63, 3.8) is 0 Å². The van der Waals surface area contributed by atoms with Crippen LogP contribution in [0.15, 0.2) is 155 Å². The maximum Gasteiger partial charge on any atom is 0.346 e. The van der Waals surface area contributed by atoms with Gasteiger partial charge >= 0.3 is 20.2 Å². The van der Waals surface area contributed by atoms with Gasteiger partial charge in [-0.15, -0.1) is 0 Å². The van der Waals surface area contributed by atoms with Crippen LogP contribution in [0.5, 0.6) is 11.5 Å². The third-order valence-corrected chi connectivity index (χ3v) is 11.2. The predicted molar refractivity (Wildman–Crippen MR) is 186 cm³/mol. The molecule has 12 nitrogen and oxygen atoms in total. The summed E-state index contributed by atoms with van der Waals surface area (Å²) in [6, 6.07) is 38.0. The third-order valence-electron chi connectivity index (χ3n) is 8.60. The molecule has 6 aromatic carbocycles. The molecule has 1 aliphatic carbocycles. The fourth-order valence-corrected chi connectivity index (χ4v) is 8.72.